The Balaban J connectivity index is 1.59. The van der Waals surface area contributed by atoms with E-state index in [1.165, 1.54) is 0 Å². The lowest BCUT2D eigenvalue weighted by Gasteiger charge is -2.14. The van der Waals surface area contributed by atoms with Crippen LogP contribution in [0.3, 0.4) is 0 Å². The first-order valence-corrected chi connectivity index (χ1v) is 9.62. The number of carbonyl (C=O) groups is 3. The van der Waals surface area contributed by atoms with Crippen LogP contribution < -0.4 is 5.32 Å². The second-order valence-electron chi connectivity index (χ2n) is 5.79. The van der Waals surface area contributed by atoms with Crippen LogP contribution in [0.25, 0.3) is 6.08 Å². The quantitative estimate of drug-likeness (QED) is 0.747. The normalized spacial score (nSPS) is 21.7. The molecule has 0 spiro atoms. The molecule has 6 nitrogen and oxygen atoms in total. The Hall–Kier alpha value is -1.54. The SMILES string of the molecule is O=C(NCCN1C(=O)SC(=Cc2ccc(Cl)cc2Cl)C1=O)C1CCCO1. The molecule has 9 heteroatoms. The number of hydrogen-bond donors (Lipinski definition) is 1. The van der Waals surface area contributed by atoms with Gasteiger partial charge in [0.1, 0.15) is 6.10 Å². The highest BCUT2D eigenvalue weighted by Crippen LogP contribution is 2.33. The molecule has 2 heterocycles. The van der Waals surface area contributed by atoms with Gasteiger partial charge in [-0.1, -0.05) is 29.3 Å². The van der Waals surface area contributed by atoms with Crippen molar-refractivity contribution in [2.45, 2.75) is 18.9 Å². The molecule has 0 bridgehead atoms. The summed E-state index contributed by atoms with van der Waals surface area (Å²) in [4.78, 5) is 37.8. The molecular formula is C17H16Cl2N2O4S. The summed E-state index contributed by atoms with van der Waals surface area (Å²) in [5.74, 6) is -0.615. The Morgan fingerprint density at radius 2 is 2.19 bits per heavy atom. The third-order valence-electron chi connectivity index (χ3n) is 3.98. The largest absolute Gasteiger partial charge is 0.368 e. The van der Waals surface area contributed by atoms with Crippen LogP contribution in [-0.4, -0.2) is 47.8 Å². The first-order chi connectivity index (χ1) is 12.5. The average Bonchev–Trinajstić information content (AvgIpc) is 3.21. The molecule has 1 aromatic rings. The summed E-state index contributed by atoms with van der Waals surface area (Å²) in [7, 11) is 0. The van der Waals surface area contributed by atoms with Gasteiger partial charge in [-0.15, -0.1) is 0 Å². The van der Waals surface area contributed by atoms with Crippen LogP contribution in [0.15, 0.2) is 23.1 Å². The van der Waals surface area contributed by atoms with Gasteiger partial charge in [-0.25, -0.2) is 0 Å². The topological polar surface area (TPSA) is 75.7 Å². The maximum atomic E-state index is 12.4. The van der Waals surface area contributed by atoms with Crippen LogP contribution in [-0.2, 0) is 14.3 Å². The van der Waals surface area contributed by atoms with Crippen LogP contribution in [0, 0.1) is 0 Å². The van der Waals surface area contributed by atoms with E-state index in [2.05, 4.69) is 5.32 Å². The maximum absolute atomic E-state index is 12.4. The minimum Gasteiger partial charge on any atom is -0.368 e. The zero-order valence-electron chi connectivity index (χ0n) is 13.7. The molecule has 138 valence electrons. The van der Waals surface area contributed by atoms with Crippen molar-refractivity contribution < 1.29 is 19.1 Å². The fourth-order valence-corrected chi connectivity index (χ4v) is 3.96. The molecule has 1 N–H and O–H groups in total. The van der Waals surface area contributed by atoms with Crippen molar-refractivity contribution in [1.29, 1.82) is 0 Å². The van der Waals surface area contributed by atoms with E-state index in [-0.39, 0.29) is 29.1 Å². The predicted molar refractivity (Wildman–Crippen MR) is 101 cm³/mol. The second-order valence-corrected chi connectivity index (χ2v) is 7.63. The van der Waals surface area contributed by atoms with E-state index < -0.39 is 12.0 Å². The number of benzene rings is 1. The highest BCUT2D eigenvalue weighted by atomic mass is 35.5. The Labute approximate surface area is 164 Å². The Morgan fingerprint density at radius 3 is 2.88 bits per heavy atom. The van der Waals surface area contributed by atoms with Crippen LogP contribution in [0.1, 0.15) is 18.4 Å². The van der Waals surface area contributed by atoms with Crippen LogP contribution in [0.2, 0.25) is 10.0 Å². The van der Waals surface area contributed by atoms with Crippen LogP contribution >= 0.6 is 35.0 Å². The maximum Gasteiger partial charge on any atom is 0.293 e. The summed E-state index contributed by atoms with van der Waals surface area (Å²) in [6, 6.07) is 4.91. The third kappa shape index (κ3) is 4.40. The monoisotopic (exact) mass is 414 g/mol. The highest BCUT2D eigenvalue weighted by Gasteiger charge is 2.35. The minimum atomic E-state index is -0.433. The number of nitrogens with zero attached hydrogens (tertiary/aromatic N) is 1. The second kappa shape index (κ2) is 8.43. The summed E-state index contributed by atoms with van der Waals surface area (Å²) in [6.45, 7) is 0.875. The molecular weight excluding hydrogens is 399 g/mol. The molecule has 1 atom stereocenters. The van der Waals surface area contributed by atoms with Gasteiger partial charge in [-0.05, 0) is 48.4 Å². The summed E-state index contributed by atoms with van der Waals surface area (Å²) in [5, 5.41) is 3.21. The van der Waals surface area contributed by atoms with Gasteiger partial charge < -0.3 is 10.1 Å². The predicted octanol–water partition coefficient (Wildman–Crippen LogP) is 3.32. The molecule has 0 saturated carbocycles. The third-order valence-corrected chi connectivity index (χ3v) is 5.45. The Morgan fingerprint density at radius 1 is 1.38 bits per heavy atom. The van der Waals surface area contributed by atoms with Crippen molar-refractivity contribution in [2.75, 3.05) is 19.7 Å². The Kier molecular flexibility index (Phi) is 6.24. The number of hydrogen-bond acceptors (Lipinski definition) is 5. The standard InChI is InChI=1S/C17H16Cl2N2O4S/c18-11-4-3-10(12(19)9-11)8-14-16(23)21(17(24)26-14)6-5-20-15(22)13-2-1-7-25-13/h3-4,8-9,13H,1-2,5-7H2,(H,20,22). The average molecular weight is 415 g/mol. The van der Waals surface area contributed by atoms with E-state index >= 15 is 0 Å². The van der Waals surface area contributed by atoms with Crippen molar-refractivity contribution in [1.82, 2.24) is 10.2 Å². The fraction of sp³-hybridized carbons (Fsp3) is 0.353. The van der Waals surface area contributed by atoms with Gasteiger partial charge in [0.05, 0.1) is 4.91 Å². The number of rotatable bonds is 5. The number of thioether (sulfide) groups is 1. The number of amides is 3. The van der Waals surface area contributed by atoms with Gasteiger partial charge in [0, 0.05) is 29.7 Å². The molecule has 26 heavy (non-hydrogen) atoms. The molecule has 2 fully saturated rings. The highest BCUT2D eigenvalue weighted by molar-refractivity contribution is 8.18. The van der Waals surface area contributed by atoms with Gasteiger partial charge in [0.25, 0.3) is 11.1 Å². The van der Waals surface area contributed by atoms with E-state index in [0.29, 0.717) is 28.6 Å². The van der Waals surface area contributed by atoms with Gasteiger partial charge in [-0.3, -0.25) is 19.3 Å². The summed E-state index contributed by atoms with van der Waals surface area (Å²) < 4.78 is 5.29. The number of halogens is 2. The van der Waals surface area contributed by atoms with Gasteiger partial charge in [-0.2, -0.15) is 0 Å². The van der Waals surface area contributed by atoms with Crippen LogP contribution in [0.4, 0.5) is 4.79 Å². The minimum absolute atomic E-state index is 0.106. The fourth-order valence-electron chi connectivity index (χ4n) is 2.64. The smallest absolute Gasteiger partial charge is 0.293 e. The summed E-state index contributed by atoms with van der Waals surface area (Å²) in [5.41, 5.74) is 0.605. The first-order valence-electron chi connectivity index (χ1n) is 8.05. The molecule has 3 rings (SSSR count). The number of nitrogens with one attached hydrogen (secondary N) is 1. The zero-order chi connectivity index (χ0) is 18.7. The molecule has 3 amide bonds. The molecule has 1 unspecified atom stereocenters. The lowest BCUT2D eigenvalue weighted by atomic mass is 10.2. The molecule has 2 saturated heterocycles. The molecule has 0 radical (unpaired) electrons. The molecule has 1 aromatic carbocycles. The molecule has 0 aliphatic carbocycles. The van der Waals surface area contributed by atoms with Crippen molar-refractivity contribution >= 4 is 58.1 Å². The van der Waals surface area contributed by atoms with Crippen molar-refractivity contribution in [3.05, 3.63) is 38.7 Å². The van der Waals surface area contributed by atoms with E-state index in [4.69, 9.17) is 27.9 Å². The first kappa shape index (κ1) is 19.2. The Bertz CT molecular complexity index is 778. The van der Waals surface area contributed by atoms with E-state index in [1.807, 2.05) is 0 Å². The number of carbonyl (C=O) groups excluding carboxylic acids is 3. The lowest BCUT2D eigenvalue weighted by Crippen LogP contribution is -2.40. The van der Waals surface area contributed by atoms with E-state index in [1.54, 1.807) is 24.3 Å². The molecule has 0 aromatic heterocycles. The van der Waals surface area contributed by atoms with Crippen molar-refractivity contribution in [3.63, 3.8) is 0 Å². The van der Waals surface area contributed by atoms with Crippen molar-refractivity contribution in [3.8, 4) is 0 Å². The van der Waals surface area contributed by atoms with E-state index in [9.17, 15) is 14.4 Å². The van der Waals surface area contributed by atoms with Crippen LogP contribution in [0.5, 0.6) is 0 Å². The van der Waals surface area contributed by atoms with Gasteiger partial charge in [0.15, 0.2) is 0 Å². The van der Waals surface area contributed by atoms with Gasteiger partial charge >= 0.3 is 0 Å². The zero-order valence-corrected chi connectivity index (χ0v) is 16.0. The molecule has 2 aliphatic rings. The summed E-state index contributed by atoms with van der Waals surface area (Å²) >= 11 is 12.8. The lowest BCUT2D eigenvalue weighted by molar-refractivity contribution is -0.130. The summed E-state index contributed by atoms with van der Waals surface area (Å²) in [6.07, 6.45) is 2.68. The van der Waals surface area contributed by atoms with E-state index in [0.717, 1.165) is 23.1 Å². The molecule has 2 aliphatic heterocycles. The number of imide groups is 1. The number of ether oxygens (including phenoxy) is 1. The van der Waals surface area contributed by atoms with Gasteiger partial charge in [0.2, 0.25) is 5.91 Å². The van der Waals surface area contributed by atoms with Crippen molar-refractivity contribution in [2.24, 2.45) is 0 Å².